The number of nitriles is 1. The smallest absolute Gasteiger partial charge is 0.130 e. The Hall–Kier alpha value is -3.08. The highest BCUT2D eigenvalue weighted by molar-refractivity contribution is 5.79. The SMILES string of the molecule is CC1=CNN(NC(C)c2cccc(C#N)c2C)c2cc(N3CCOCC3)ncc21. The fourth-order valence-electron chi connectivity index (χ4n) is 3.81. The molecule has 0 amide bonds. The van der Waals surface area contributed by atoms with Gasteiger partial charge in [0.25, 0.3) is 0 Å². The van der Waals surface area contributed by atoms with E-state index in [1.54, 1.807) is 0 Å². The van der Waals surface area contributed by atoms with Crippen LogP contribution in [0.2, 0.25) is 0 Å². The lowest BCUT2D eigenvalue weighted by Crippen LogP contribution is -2.49. The molecule has 0 radical (unpaired) electrons. The average molecular weight is 390 g/mol. The number of aromatic nitrogens is 1. The number of morpholine rings is 1. The van der Waals surface area contributed by atoms with Crippen LogP contribution in [0.1, 0.15) is 42.1 Å². The highest BCUT2D eigenvalue weighted by Gasteiger charge is 2.23. The molecule has 3 heterocycles. The van der Waals surface area contributed by atoms with Crippen LogP contribution in [0.3, 0.4) is 0 Å². The summed E-state index contributed by atoms with van der Waals surface area (Å²) in [5.74, 6) is 0.950. The Balaban J connectivity index is 1.62. The van der Waals surface area contributed by atoms with E-state index in [-0.39, 0.29) is 6.04 Å². The van der Waals surface area contributed by atoms with Crippen LogP contribution < -0.4 is 20.9 Å². The maximum absolute atomic E-state index is 9.34. The van der Waals surface area contributed by atoms with Gasteiger partial charge in [0.15, 0.2) is 0 Å². The second-order valence-electron chi connectivity index (χ2n) is 7.43. The number of pyridine rings is 1. The van der Waals surface area contributed by atoms with E-state index in [0.29, 0.717) is 5.56 Å². The van der Waals surface area contributed by atoms with Crippen LogP contribution in [0, 0.1) is 18.3 Å². The molecule has 29 heavy (non-hydrogen) atoms. The zero-order valence-electron chi connectivity index (χ0n) is 17.1. The molecule has 0 bridgehead atoms. The Bertz CT molecular complexity index is 974. The lowest BCUT2D eigenvalue weighted by Gasteiger charge is -2.35. The molecule has 1 unspecified atom stereocenters. The Labute approximate surface area is 171 Å². The van der Waals surface area contributed by atoms with E-state index in [1.165, 1.54) is 0 Å². The van der Waals surface area contributed by atoms with Gasteiger partial charge in [0.2, 0.25) is 0 Å². The molecule has 2 aliphatic rings. The molecule has 2 aliphatic heterocycles. The Morgan fingerprint density at radius 3 is 2.83 bits per heavy atom. The largest absolute Gasteiger partial charge is 0.378 e. The van der Waals surface area contributed by atoms with Gasteiger partial charge in [-0.15, -0.1) is 0 Å². The molecule has 4 rings (SSSR count). The number of allylic oxidation sites excluding steroid dienone is 1. The summed E-state index contributed by atoms with van der Waals surface area (Å²) >= 11 is 0. The second-order valence-corrected chi connectivity index (χ2v) is 7.43. The molecule has 1 saturated heterocycles. The minimum Gasteiger partial charge on any atom is -0.378 e. The van der Waals surface area contributed by atoms with Crippen molar-refractivity contribution in [2.24, 2.45) is 0 Å². The number of rotatable bonds is 4. The van der Waals surface area contributed by atoms with Gasteiger partial charge < -0.3 is 9.64 Å². The Kier molecular flexibility index (Phi) is 5.38. The molecule has 150 valence electrons. The number of ether oxygens (including phenoxy) is 1. The van der Waals surface area contributed by atoms with Crippen molar-refractivity contribution >= 4 is 17.1 Å². The molecule has 7 nitrogen and oxygen atoms in total. The minimum absolute atomic E-state index is 0.00968. The average Bonchev–Trinajstić information content (AvgIpc) is 2.76. The Morgan fingerprint density at radius 1 is 1.28 bits per heavy atom. The van der Waals surface area contributed by atoms with Crippen LogP contribution in [0.4, 0.5) is 11.5 Å². The molecule has 2 N–H and O–H groups in total. The number of nitrogens with one attached hydrogen (secondary N) is 2. The normalized spacial score (nSPS) is 17.1. The quantitative estimate of drug-likeness (QED) is 0.831. The van der Waals surface area contributed by atoms with Crippen LogP contribution in [0.15, 0.2) is 36.7 Å². The number of hydrogen-bond donors (Lipinski definition) is 2. The van der Waals surface area contributed by atoms with Crippen molar-refractivity contribution in [1.29, 1.82) is 5.26 Å². The molecular weight excluding hydrogens is 364 g/mol. The highest BCUT2D eigenvalue weighted by atomic mass is 16.5. The van der Waals surface area contributed by atoms with Crippen LogP contribution in [-0.2, 0) is 4.74 Å². The lowest BCUT2D eigenvalue weighted by atomic mass is 9.98. The summed E-state index contributed by atoms with van der Waals surface area (Å²) in [4.78, 5) is 6.94. The predicted octanol–water partition coefficient (Wildman–Crippen LogP) is 3.05. The fourth-order valence-corrected chi connectivity index (χ4v) is 3.81. The standard InChI is InChI=1S/C22H26N6O/c1-15-13-25-28(26-17(3)19-6-4-5-18(12-23)16(19)2)21-11-22(24-14-20(15)21)27-7-9-29-10-8-27/h4-6,11,13-14,17,25-26H,7-10H2,1-3H3. The van der Waals surface area contributed by atoms with Gasteiger partial charge in [0, 0.05) is 37.1 Å². The van der Waals surface area contributed by atoms with Gasteiger partial charge in [-0.1, -0.05) is 12.1 Å². The van der Waals surface area contributed by atoms with Crippen molar-refractivity contribution < 1.29 is 4.74 Å². The van der Waals surface area contributed by atoms with E-state index in [4.69, 9.17) is 4.74 Å². The second kappa shape index (κ2) is 8.11. The summed E-state index contributed by atoms with van der Waals surface area (Å²) in [6.45, 7) is 9.31. The number of hydrazine groups is 2. The van der Waals surface area contributed by atoms with Crippen molar-refractivity contribution in [3.05, 3.63) is 58.9 Å². The summed E-state index contributed by atoms with van der Waals surface area (Å²) in [6.07, 6.45) is 3.91. The molecule has 1 fully saturated rings. The van der Waals surface area contributed by atoms with E-state index in [9.17, 15) is 5.26 Å². The third kappa shape index (κ3) is 3.77. The molecule has 0 spiro atoms. The Morgan fingerprint density at radius 2 is 2.07 bits per heavy atom. The number of fused-ring (bicyclic) bond motifs is 1. The van der Waals surface area contributed by atoms with Gasteiger partial charge in [0.1, 0.15) is 5.82 Å². The first kappa shape index (κ1) is 19.2. The van der Waals surface area contributed by atoms with Crippen LogP contribution in [0.5, 0.6) is 0 Å². The van der Waals surface area contributed by atoms with Gasteiger partial charge in [0.05, 0.1) is 36.6 Å². The van der Waals surface area contributed by atoms with Crippen molar-refractivity contribution in [2.45, 2.75) is 26.8 Å². The zero-order valence-corrected chi connectivity index (χ0v) is 17.1. The predicted molar refractivity (Wildman–Crippen MR) is 114 cm³/mol. The van der Waals surface area contributed by atoms with Gasteiger partial charge >= 0.3 is 0 Å². The highest BCUT2D eigenvalue weighted by Crippen LogP contribution is 2.32. The summed E-state index contributed by atoms with van der Waals surface area (Å²) < 4.78 is 5.47. The maximum Gasteiger partial charge on any atom is 0.130 e. The van der Waals surface area contributed by atoms with Crippen LogP contribution in [0.25, 0.3) is 5.57 Å². The lowest BCUT2D eigenvalue weighted by molar-refractivity contribution is 0.122. The van der Waals surface area contributed by atoms with E-state index in [0.717, 1.165) is 60.1 Å². The number of benzene rings is 1. The van der Waals surface area contributed by atoms with Crippen molar-refractivity contribution in [2.75, 3.05) is 36.3 Å². The van der Waals surface area contributed by atoms with Gasteiger partial charge in [-0.2, -0.15) is 5.26 Å². The number of nitrogens with zero attached hydrogens (tertiary/aromatic N) is 4. The number of anilines is 2. The first-order chi connectivity index (χ1) is 14.1. The zero-order chi connectivity index (χ0) is 20.4. The van der Waals surface area contributed by atoms with Crippen LogP contribution in [-0.4, -0.2) is 31.3 Å². The molecule has 0 saturated carbocycles. The fraction of sp³-hybridized carbons (Fsp3) is 0.364. The molecule has 7 heteroatoms. The van der Waals surface area contributed by atoms with Crippen LogP contribution >= 0.6 is 0 Å². The van der Waals surface area contributed by atoms with Gasteiger partial charge in [-0.05, 0) is 43.5 Å². The summed E-state index contributed by atoms with van der Waals surface area (Å²) in [7, 11) is 0. The minimum atomic E-state index is 0.00968. The third-order valence-electron chi connectivity index (χ3n) is 5.56. The van der Waals surface area contributed by atoms with E-state index >= 15 is 0 Å². The summed E-state index contributed by atoms with van der Waals surface area (Å²) in [5.41, 5.74) is 12.9. The topological polar surface area (TPSA) is 76.5 Å². The maximum atomic E-state index is 9.34. The van der Waals surface area contributed by atoms with Crippen molar-refractivity contribution in [1.82, 2.24) is 15.8 Å². The van der Waals surface area contributed by atoms with Crippen molar-refractivity contribution in [3.8, 4) is 6.07 Å². The molecule has 1 aromatic carbocycles. The number of hydrogen-bond acceptors (Lipinski definition) is 7. The third-order valence-corrected chi connectivity index (χ3v) is 5.56. The molecule has 2 aromatic rings. The summed E-state index contributed by atoms with van der Waals surface area (Å²) in [5, 5.41) is 11.3. The van der Waals surface area contributed by atoms with E-state index in [1.807, 2.05) is 36.6 Å². The molecule has 1 aromatic heterocycles. The van der Waals surface area contributed by atoms with E-state index in [2.05, 4.69) is 52.8 Å². The molecule has 1 atom stereocenters. The molecular formula is C22H26N6O. The van der Waals surface area contributed by atoms with Gasteiger partial charge in [-0.25, -0.2) is 15.5 Å². The monoisotopic (exact) mass is 390 g/mol. The summed E-state index contributed by atoms with van der Waals surface area (Å²) in [6, 6.07) is 10.2. The first-order valence-corrected chi connectivity index (χ1v) is 9.90. The van der Waals surface area contributed by atoms with Crippen molar-refractivity contribution in [3.63, 3.8) is 0 Å². The van der Waals surface area contributed by atoms with E-state index < -0.39 is 0 Å². The van der Waals surface area contributed by atoms with Gasteiger partial charge in [-0.3, -0.25) is 5.43 Å². The molecule has 0 aliphatic carbocycles. The first-order valence-electron chi connectivity index (χ1n) is 9.90.